The molecular formula is C17H32F2N2O2. The minimum absolute atomic E-state index is 0.220. The van der Waals surface area contributed by atoms with Gasteiger partial charge in [-0.3, -0.25) is 4.79 Å². The summed E-state index contributed by atoms with van der Waals surface area (Å²) in [5, 5.41) is 12.1. The SMILES string of the molecule is CC(C)CCC(=O)NCC(F)(F)[C@H](O)[C@@H](N)CC1CCCCC1. The van der Waals surface area contributed by atoms with Crippen molar-refractivity contribution in [2.45, 2.75) is 83.3 Å². The quantitative estimate of drug-likeness (QED) is 0.607. The van der Waals surface area contributed by atoms with Gasteiger partial charge in [0.2, 0.25) is 5.91 Å². The number of nitrogens with one attached hydrogen (secondary N) is 1. The van der Waals surface area contributed by atoms with Gasteiger partial charge in [0, 0.05) is 12.5 Å². The van der Waals surface area contributed by atoms with Crippen molar-refractivity contribution in [1.82, 2.24) is 5.32 Å². The summed E-state index contributed by atoms with van der Waals surface area (Å²) in [6.07, 6.45) is 4.76. The standard InChI is InChI=1S/C17H32F2N2O2/c1-12(2)8-9-15(22)21-11-17(18,19)16(23)14(20)10-13-6-4-3-5-7-13/h12-14,16,23H,3-11,20H2,1-2H3,(H,21,22)/t14-,16+/m0/s1. The van der Waals surface area contributed by atoms with E-state index in [1.807, 2.05) is 13.8 Å². The molecule has 0 radical (unpaired) electrons. The van der Waals surface area contributed by atoms with E-state index in [0.29, 0.717) is 24.7 Å². The first-order valence-electron chi connectivity index (χ1n) is 8.80. The first kappa shape index (κ1) is 20.3. The van der Waals surface area contributed by atoms with E-state index >= 15 is 0 Å². The highest BCUT2D eigenvalue weighted by molar-refractivity contribution is 5.75. The van der Waals surface area contributed by atoms with Gasteiger partial charge < -0.3 is 16.2 Å². The lowest BCUT2D eigenvalue weighted by Gasteiger charge is -2.31. The Morgan fingerprint density at radius 3 is 2.48 bits per heavy atom. The van der Waals surface area contributed by atoms with Crippen molar-refractivity contribution in [2.24, 2.45) is 17.6 Å². The number of amides is 1. The predicted molar refractivity (Wildman–Crippen MR) is 87.2 cm³/mol. The number of rotatable bonds is 9. The van der Waals surface area contributed by atoms with Crippen LogP contribution in [0.5, 0.6) is 0 Å². The van der Waals surface area contributed by atoms with Crippen LogP contribution in [0.2, 0.25) is 0 Å². The molecule has 1 aliphatic rings. The van der Waals surface area contributed by atoms with E-state index in [-0.39, 0.29) is 6.42 Å². The van der Waals surface area contributed by atoms with Gasteiger partial charge in [-0.2, -0.15) is 0 Å². The third-order valence-electron chi connectivity index (χ3n) is 4.64. The van der Waals surface area contributed by atoms with E-state index in [9.17, 15) is 18.7 Å². The Kier molecular flexibility index (Phi) is 8.40. The van der Waals surface area contributed by atoms with Crippen LogP contribution in [0.4, 0.5) is 8.78 Å². The summed E-state index contributed by atoms with van der Waals surface area (Å²) in [7, 11) is 0. The molecule has 136 valence electrons. The fourth-order valence-electron chi connectivity index (χ4n) is 3.08. The average Bonchev–Trinajstić information content (AvgIpc) is 2.51. The van der Waals surface area contributed by atoms with Crippen molar-refractivity contribution in [3.05, 3.63) is 0 Å². The minimum Gasteiger partial charge on any atom is -0.385 e. The van der Waals surface area contributed by atoms with Gasteiger partial charge in [-0.25, -0.2) is 8.78 Å². The maximum Gasteiger partial charge on any atom is 0.291 e. The topological polar surface area (TPSA) is 75.3 Å². The highest BCUT2D eigenvalue weighted by atomic mass is 19.3. The largest absolute Gasteiger partial charge is 0.385 e. The highest BCUT2D eigenvalue weighted by Gasteiger charge is 2.42. The van der Waals surface area contributed by atoms with Gasteiger partial charge in [0.05, 0.1) is 6.54 Å². The second-order valence-electron chi connectivity index (χ2n) is 7.32. The van der Waals surface area contributed by atoms with Crippen LogP contribution in [0, 0.1) is 11.8 Å². The van der Waals surface area contributed by atoms with Crippen molar-refractivity contribution in [2.75, 3.05) is 6.54 Å². The van der Waals surface area contributed by atoms with Gasteiger partial charge in [0.15, 0.2) is 0 Å². The lowest BCUT2D eigenvalue weighted by molar-refractivity contribution is -0.132. The fraction of sp³-hybridized carbons (Fsp3) is 0.941. The molecule has 0 aliphatic heterocycles. The Morgan fingerprint density at radius 1 is 1.30 bits per heavy atom. The molecule has 2 atom stereocenters. The fourth-order valence-corrected chi connectivity index (χ4v) is 3.08. The van der Waals surface area contributed by atoms with E-state index in [0.717, 1.165) is 25.7 Å². The molecule has 4 nitrogen and oxygen atoms in total. The molecule has 0 aromatic rings. The van der Waals surface area contributed by atoms with Crippen LogP contribution in [0.15, 0.2) is 0 Å². The number of nitrogens with two attached hydrogens (primary N) is 1. The van der Waals surface area contributed by atoms with Gasteiger partial charge in [-0.05, 0) is 24.7 Å². The summed E-state index contributed by atoms with van der Waals surface area (Å²) >= 11 is 0. The van der Waals surface area contributed by atoms with Crippen molar-refractivity contribution in [1.29, 1.82) is 0 Å². The zero-order valence-electron chi connectivity index (χ0n) is 14.4. The summed E-state index contributed by atoms with van der Waals surface area (Å²) in [6.45, 7) is 3.08. The minimum atomic E-state index is -3.40. The number of hydrogen-bond donors (Lipinski definition) is 3. The molecule has 6 heteroatoms. The molecule has 23 heavy (non-hydrogen) atoms. The van der Waals surface area contributed by atoms with Crippen LogP contribution in [-0.4, -0.2) is 35.6 Å². The van der Waals surface area contributed by atoms with Gasteiger partial charge in [0.1, 0.15) is 6.10 Å². The summed E-state index contributed by atoms with van der Waals surface area (Å²) in [5.74, 6) is -3.14. The third-order valence-corrected chi connectivity index (χ3v) is 4.64. The van der Waals surface area contributed by atoms with Crippen LogP contribution >= 0.6 is 0 Å². The van der Waals surface area contributed by atoms with Crippen molar-refractivity contribution >= 4 is 5.91 Å². The number of aliphatic hydroxyl groups excluding tert-OH is 1. The van der Waals surface area contributed by atoms with Crippen LogP contribution in [0.1, 0.15) is 65.2 Å². The predicted octanol–water partition coefficient (Wildman–Crippen LogP) is 2.83. The van der Waals surface area contributed by atoms with E-state index in [4.69, 9.17) is 5.73 Å². The maximum atomic E-state index is 14.0. The van der Waals surface area contributed by atoms with Crippen molar-refractivity contribution in [3.63, 3.8) is 0 Å². The summed E-state index contributed by atoms with van der Waals surface area (Å²) in [5.41, 5.74) is 5.80. The summed E-state index contributed by atoms with van der Waals surface area (Å²) in [4.78, 5) is 11.5. The third kappa shape index (κ3) is 7.57. The van der Waals surface area contributed by atoms with Crippen molar-refractivity contribution < 1.29 is 18.7 Å². The van der Waals surface area contributed by atoms with E-state index < -0.39 is 30.5 Å². The molecule has 1 rings (SSSR count). The summed E-state index contributed by atoms with van der Waals surface area (Å²) < 4.78 is 28.1. The van der Waals surface area contributed by atoms with Gasteiger partial charge >= 0.3 is 0 Å². The molecule has 0 heterocycles. The molecule has 1 aliphatic carbocycles. The highest BCUT2D eigenvalue weighted by Crippen LogP contribution is 2.30. The first-order valence-corrected chi connectivity index (χ1v) is 8.80. The van der Waals surface area contributed by atoms with Crippen LogP contribution < -0.4 is 11.1 Å². The molecule has 0 spiro atoms. The van der Waals surface area contributed by atoms with Gasteiger partial charge in [-0.1, -0.05) is 46.0 Å². The molecule has 0 saturated heterocycles. The molecule has 0 bridgehead atoms. The molecule has 1 saturated carbocycles. The number of hydrogen-bond acceptors (Lipinski definition) is 3. The molecule has 4 N–H and O–H groups in total. The average molecular weight is 334 g/mol. The monoisotopic (exact) mass is 334 g/mol. The molecule has 0 aromatic carbocycles. The Morgan fingerprint density at radius 2 is 1.91 bits per heavy atom. The number of carbonyl (C=O) groups is 1. The van der Waals surface area contributed by atoms with E-state index in [1.165, 1.54) is 6.42 Å². The molecule has 0 aromatic heterocycles. The van der Waals surface area contributed by atoms with Gasteiger partial charge in [0.25, 0.3) is 5.92 Å². The Balaban J connectivity index is 2.38. The Bertz CT molecular complexity index is 359. The smallest absolute Gasteiger partial charge is 0.291 e. The lowest BCUT2D eigenvalue weighted by Crippen LogP contribution is -2.53. The van der Waals surface area contributed by atoms with Crippen molar-refractivity contribution in [3.8, 4) is 0 Å². The number of alkyl halides is 2. The number of carbonyl (C=O) groups excluding carboxylic acids is 1. The van der Waals surface area contributed by atoms with Gasteiger partial charge in [-0.15, -0.1) is 0 Å². The second-order valence-corrected chi connectivity index (χ2v) is 7.32. The normalized spacial score (nSPS) is 19.6. The van der Waals surface area contributed by atoms with E-state index in [2.05, 4.69) is 5.32 Å². The molecule has 1 amide bonds. The van der Waals surface area contributed by atoms with Crippen LogP contribution in [-0.2, 0) is 4.79 Å². The number of halogens is 2. The summed E-state index contributed by atoms with van der Waals surface area (Å²) in [6, 6.07) is -0.958. The van der Waals surface area contributed by atoms with E-state index in [1.54, 1.807) is 0 Å². The molecule has 1 fully saturated rings. The lowest BCUT2D eigenvalue weighted by atomic mass is 9.83. The first-order chi connectivity index (χ1) is 10.7. The van der Waals surface area contributed by atoms with Crippen LogP contribution in [0.3, 0.4) is 0 Å². The zero-order valence-corrected chi connectivity index (χ0v) is 14.4. The number of aliphatic hydroxyl groups is 1. The maximum absolute atomic E-state index is 14.0. The molecular weight excluding hydrogens is 302 g/mol. The zero-order chi connectivity index (χ0) is 17.5. The van der Waals surface area contributed by atoms with Crippen LogP contribution in [0.25, 0.3) is 0 Å². The Labute approximate surface area is 138 Å². The second kappa shape index (κ2) is 9.52. The Hall–Kier alpha value is -0.750. The molecule has 0 unspecified atom stereocenters.